The van der Waals surface area contributed by atoms with Crippen molar-refractivity contribution in [2.24, 2.45) is 0 Å². The zero-order chi connectivity index (χ0) is 14.7. The lowest BCUT2D eigenvalue weighted by atomic mass is 9.97. The molecule has 2 aromatic rings. The average Bonchev–Trinajstić information content (AvgIpc) is 2.55. The Morgan fingerprint density at radius 3 is 2.52 bits per heavy atom. The zero-order valence-corrected chi connectivity index (χ0v) is 12.2. The molecule has 21 heavy (non-hydrogen) atoms. The molecule has 1 heterocycles. The molecule has 0 saturated heterocycles. The molecule has 1 unspecified atom stereocenters. The minimum atomic E-state index is 0.220. The standard InChI is InChI=1S/C20H19N/c1-3-21-13-5-4-12-20(21)19-11-7-10-18(15-19)17-9-6-8-16(2)14-17/h3-15,20H,1H2,2H3. The lowest BCUT2D eigenvalue weighted by molar-refractivity contribution is 0.435. The van der Waals surface area contributed by atoms with Crippen LogP contribution >= 0.6 is 0 Å². The SMILES string of the molecule is C=CN1C=CC=CC1c1cccc(-c2cccc(C)c2)c1. The zero-order valence-electron chi connectivity index (χ0n) is 12.2. The minimum absolute atomic E-state index is 0.220. The van der Waals surface area contributed by atoms with E-state index in [0.717, 1.165) is 0 Å². The summed E-state index contributed by atoms with van der Waals surface area (Å²) in [5.74, 6) is 0. The van der Waals surface area contributed by atoms with Crippen LogP contribution in [0.3, 0.4) is 0 Å². The quantitative estimate of drug-likeness (QED) is 0.740. The van der Waals surface area contributed by atoms with Crippen LogP contribution in [0, 0.1) is 6.92 Å². The Hall–Kier alpha value is -2.54. The van der Waals surface area contributed by atoms with Crippen molar-refractivity contribution in [3.63, 3.8) is 0 Å². The molecule has 2 aromatic carbocycles. The first kappa shape index (κ1) is 13.4. The molecule has 1 heteroatoms. The lowest BCUT2D eigenvalue weighted by Crippen LogP contribution is -2.17. The van der Waals surface area contributed by atoms with Gasteiger partial charge in [-0.05, 0) is 42.0 Å². The van der Waals surface area contributed by atoms with E-state index in [1.54, 1.807) is 0 Å². The maximum Gasteiger partial charge on any atom is 0.0766 e. The molecule has 1 nitrogen and oxygen atoms in total. The molecule has 0 saturated carbocycles. The van der Waals surface area contributed by atoms with Gasteiger partial charge in [-0.2, -0.15) is 0 Å². The highest BCUT2D eigenvalue weighted by molar-refractivity contribution is 5.65. The number of rotatable bonds is 3. The van der Waals surface area contributed by atoms with Gasteiger partial charge in [0.1, 0.15) is 0 Å². The first-order chi connectivity index (χ1) is 10.3. The highest BCUT2D eigenvalue weighted by Gasteiger charge is 2.14. The molecule has 1 atom stereocenters. The van der Waals surface area contributed by atoms with Gasteiger partial charge in [0.25, 0.3) is 0 Å². The molecule has 0 fully saturated rings. The van der Waals surface area contributed by atoms with Gasteiger partial charge in [0.05, 0.1) is 6.04 Å². The maximum atomic E-state index is 3.89. The van der Waals surface area contributed by atoms with E-state index >= 15 is 0 Å². The van der Waals surface area contributed by atoms with E-state index in [1.165, 1.54) is 22.3 Å². The summed E-state index contributed by atoms with van der Waals surface area (Å²) < 4.78 is 0. The van der Waals surface area contributed by atoms with Crippen LogP contribution in [0.25, 0.3) is 11.1 Å². The summed E-state index contributed by atoms with van der Waals surface area (Å²) in [6.07, 6.45) is 10.2. The Labute approximate surface area is 126 Å². The van der Waals surface area contributed by atoms with Gasteiger partial charge in [-0.25, -0.2) is 0 Å². The average molecular weight is 273 g/mol. The Bertz CT molecular complexity index is 709. The van der Waals surface area contributed by atoms with Crippen molar-refractivity contribution in [1.82, 2.24) is 4.90 Å². The summed E-state index contributed by atoms with van der Waals surface area (Å²) in [6.45, 7) is 6.02. The fraction of sp³-hybridized carbons (Fsp3) is 0.100. The van der Waals surface area contributed by atoms with Crippen molar-refractivity contribution in [3.8, 4) is 11.1 Å². The van der Waals surface area contributed by atoms with Gasteiger partial charge in [-0.1, -0.05) is 66.8 Å². The second kappa shape index (κ2) is 5.84. The van der Waals surface area contributed by atoms with Crippen molar-refractivity contribution >= 4 is 0 Å². The topological polar surface area (TPSA) is 3.24 Å². The van der Waals surface area contributed by atoms with Gasteiger partial charge in [0.2, 0.25) is 0 Å². The number of nitrogens with zero attached hydrogens (tertiary/aromatic N) is 1. The lowest BCUT2D eigenvalue weighted by Gasteiger charge is -2.27. The third-order valence-corrected chi connectivity index (χ3v) is 3.77. The second-order valence-electron chi connectivity index (χ2n) is 5.30. The van der Waals surface area contributed by atoms with Crippen molar-refractivity contribution in [3.05, 3.63) is 96.9 Å². The van der Waals surface area contributed by atoms with Gasteiger partial charge in [-0.15, -0.1) is 0 Å². The summed E-state index contributed by atoms with van der Waals surface area (Å²) in [5, 5.41) is 0. The van der Waals surface area contributed by atoms with Crippen LogP contribution in [0.2, 0.25) is 0 Å². The number of aryl methyl sites for hydroxylation is 1. The van der Waals surface area contributed by atoms with Crippen LogP contribution in [-0.2, 0) is 0 Å². The van der Waals surface area contributed by atoms with Crippen molar-refractivity contribution in [1.29, 1.82) is 0 Å². The fourth-order valence-electron chi connectivity index (χ4n) is 2.70. The van der Waals surface area contributed by atoms with E-state index in [0.29, 0.717) is 0 Å². The van der Waals surface area contributed by atoms with E-state index < -0.39 is 0 Å². The molecule has 3 rings (SSSR count). The van der Waals surface area contributed by atoms with Crippen LogP contribution < -0.4 is 0 Å². The van der Waals surface area contributed by atoms with Crippen LogP contribution in [0.1, 0.15) is 17.2 Å². The molecule has 0 aromatic heterocycles. The van der Waals surface area contributed by atoms with Gasteiger partial charge < -0.3 is 4.90 Å². The molecular formula is C20H19N. The summed E-state index contributed by atoms with van der Waals surface area (Å²) in [4.78, 5) is 2.12. The monoisotopic (exact) mass is 273 g/mol. The predicted molar refractivity (Wildman–Crippen MR) is 89.7 cm³/mol. The summed E-state index contributed by atoms with van der Waals surface area (Å²) in [5.41, 5.74) is 5.07. The van der Waals surface area contributed by atoms with Gasteiger partial charge >= 0.3 is 0 Å². The van der Waals surface area contributed by atoms with E-state index in [4.69, 9.17) is 0 Å². The Morgan fingerprint density at radius 2 is 1.76 bits per heavy atom. The number of hydrogen-bond donors (Lipinski definition) is 0. The first-order valence-corrected chi connectivity index (χ1v) is 7.20. The molecule has 0 amide bonds. The van der Waals surface area contributed by atoms with Crippen LogP contribution in [0.15, 0.2) is 85.7 Å². The fourth-order valence-corrected chi connectivity index (χ4v) is 2.70. The smallest absolute Gasteiger partial charge is 0.0766 e. The molecule has 0 aliphatic carbocycles. The number of hydrogen-bond acceptors (Lipinski definition) is 1. The molecule has 104 valence electrons. The van der Waals surface area contributed by atoms with E-state index in [1.807, 2.05) is 12.3 Å². The Morgan fingerprint density at radius 1 is 1.00 bits per heavy atom. The van der Waals surface area contributed by atoms with E-state index in [2.05, 4.69) is 85.3 Å². The van der Waals surface area contributed by atoms with E-state index in [9.17, 15) is 0 Å². The molecule has 0 bridgehead atoms. The summed E-state index contributed by atoms with van der Waals surface area (Å²) >= 11 is 0. The Kier molecular flexibility index (Phi) is 3.74. The summed E-state index contributed by atoms with van der Waals surface area (Å²) in [6, 6.07) is 17.6. The maximum absolute atomic E-state index is 3.89. The van der Waals surface area contributed by atoms with Gasteiger partial charge in [0, 0.05) is 6.20 Å². The van der Waals surface area contributed by atoms with Crippen LogP contribution in [-0.4, -0.2) is 4.90 Å². The summed E-state index contributed by atoms with van der Waals surface area (Å²) in [7, 11) is 0. The second-order valence-corrected chi connectivity index (χ2v) is 5.30. The largest absolute Gasteiger partial charge is 0.344 e. The van der Waals surface area contributed by atoms with Gasteiger partial charge in [0.15, 0.2) is 0 Å². The van der Waals surface area contributed by atoms with Crippen LogP contribution in [0.5, 0.6) is 0 Å². The van der Waals surface area contributed by atoms with Crippen molar-refractivity contribution < 1.29 is 0 Å². The van der Waals surface area contributed by atoms with Gasteiger partial charge in [-0.3, -0.25) is 0 Å². The molecule has 0 radical (unpaired) electrons. The highest BCUT2D eigenvalue weighted by atomic mass is 15.1. The van der Waals surface area contributed by atoms with Crippen molar-refractivity contribution in [2.45, 2.75) is 13.0 Å². The highest BCUT2D eigenvalue weighted by Crippen LogP contribution is 2.29. The number of allylic oxidation sites excluding steroid dienone is 2. The van der Waals surface area contributed by atoms with E-state index in [-0.39, 0.29) is 6.04 Å². The molecule has 0 spiro atoms. The molecular weight excluding hydrogens is 254 g/mol. The predicted octanol–water partition coefficient (Wildman–Crippen LogP) is 5.23. The molecule has 1 aliphatic heterocycles. The first-order valence-electron chi connectivity index (χ1n) is 7.20. The molecule has 0 N–H and O–H groups in total. The third-order valence-electron chi connectivity index (χ3n) is 3.77. The Balaban J connectivity index is 1.98. The minimum Gasteiger partial charge on any atom is -0.344 e. The van der Waals surface area contributed by atoms with Crippen molar-refractivity contribution in [2.75, 3.05) is 0 Å². The third kappa shape index (κ3) is 2.82. The van der Waals surface area contributed by atoms with Crippen LogP contribution in [0.4, 0.5) is 0 Å². The molecule has 1 aliphatic rings. The normalized spacial score (nSPS) is 17.0. The number of benzene rings is 2.